The number of furan rings is 1. The van der Waals surface area contributed by atoms with Crippen LogP contribution in [0, 0.1) is 5.41 Å². The summed E-state index contributed by atoms with van der Waals surface area (Å²) < 4.78 is 14.6. The Balaban J connectivity index is 1.08. The monoisotopic (exact) mass is 816 g/mol. The average molecular weight is 817 g/mol. The van der Waals surface area contributed by atoms with Crippen LogP contribution < -0.4 is 20.5 Å². The fourth-order valence-electron chi connectivity index (χ4n) is 11.1. The van der Waals surface area contributed by atoms with E-state index in [9.17, 15) is 9.90 Å². The van der Waals surface area contributed by atoms with Gasteiger partial charge >= 0.3 is 0 Å². The summed E-state index contributed by atoms with van der Waals surface area (Å²) in [5.74, 6) is 1.08. The largest absolute Gasteiger partial charge is 0.462 e. The molecule has 0 unspecified atom stereocenters. The number of pyridine rings is 3. The van der Waals surface area contributed by atoms with Crippen molar-refractivity contribution in [2.75, 3.05) is 61.1 Å². The number of amides is 1. The van der Waals surface area contributed by atoms with Crippen molar-refractivity contribution >= 4 is 53.5 Å². The molecule has 1 aliphatic carbocycles. The molecule has 5 aromatic heterocycles. The number of fused-ring (bicyclic) bond motifs is 4. The topological polar surface area (TPSA) is 125 Å². The lowest BCUT2D eigenvalue weighted by molar-refractivity contribution is -0.0660. The number of aliphatic hydroxyl groups excluding tert-OH is 1. The van der Waals surface area contributed by atoms with E-state index in [1.54, 1.807) is 11.1 Å². The highest BCUT2D eigenvalue weighted by atomic mass is 28.3. The van der Waals surface area contributed by atoms with Crippen LogP contribution in [0.25, 0.3) is 22.4 Å². The number of piperazine rings is 1. The van der Waals surface area contributed by atoms with Crippen LogP contribution in [0.3, 0.4) is 0 Å². The summed E-state index contributed by atoms with van der Waals surface area (Å²) in [6.07, 6.45) is 5.61. The number of ether oxygens (including phenoxy) is 1. The first-order chi connectivity index (χ1) is 28.3. The molecule has 5 aromatic rings. The predicted molar refractivity (Wildman–Crippen MR) is 237 cm³/mol. The standard InChI is InChI=1S/C46H60N8O4Si/c1-28(2)59(29(3)4,30(5)6)42-21-38-43(58-42)37(50-41-10-9-32(24-48-41)51-13-15-52(16-14-51)33-26-57-27-33)20-36(49-38)34-11-12-47-44(35(34)25-55)54-18-17-53-39(45(54)56)19-31-22-46(7,8)23-40(31)53/h9-12,19-21,24,28-30,33,55H,13-18,22-23,25-27H2,1-8H3,(H,48,49,50). The summed E-state index contributed by atoms with van der Waals surface area (Å²) in [5.41, 5.74) is 10.0. The molecule has 0 bridgehead atoms. The van der Waals surface area contributed by atoms with Gasteiger partial charge in [-0.15, -0.1) is 0 Å². The highest BCUT2D eigenvalue weighted by Crippen LogP contribution is 2.44. The maximum absolute atomic E-state index is 14.2. The zero-order valence-corrected chi connectivity index (χ0v) is 37.0. The molecule has 0 radical (unpaired) electrons. The summed E-state index contributed by atoms with van der Waals surface area (Å²) in [4.78, 5) is 35.8. The van der Waals surface area contributed by atoms with Crippen molar-refractivity contribution < 1.29 is 19.1 Å². The second kappa shape index (κ2) is 15.2. The van der Waals surface area contributed by atoms with Crippen LogP contribution in [0.5, 0.6) is 0 Å². The van der Waals surface area contributed by atoms with Crippen molar-refractivity contribution in [2.45, 2.75) is 104 Å². The Morgan fingerprint density at radius 2 is 1.66 bits per heavy atom. The minimum atomic E-state index is -2.19. The molecule has 1 amide bonds. The summed E-state index contributed by atoms with van der Waals surface area (Å²) in [5, 5.41) is 15.7. The summed E-state index contributed by atoms with van der Waals surface area (Å²) >= 11 is 0. The van der Waals surface area contributed by atoms with E-state index < -0.39 is 8.07 Å². The number of carbonyl (C=O) groups excluding carboxylic acids is 1. The first-order valence-electron chi connectivity index (χ1n) is 21.7. The zero-order chi connectivity index (χ0) is 41.4. The lowest BCUT2D eigenvalue weighted by Crippen LogP contribution is -2.56. The molecular weight excluding hydrogens is 757 g/mol. The SMILES string of the molecule is CC(C)[Si](c1cc2nc(-c3ccnc(N4CCn5c(cc6c5CC(C)(C)C6)C4=O)c3CO)cc(Nc3ccc(N4CCN(C5COC5)CC4)cn3)c2o1)(C(C)C)C(C)C. The molecule has 9 rings (SSSR count). The second-order valence-electron chi connectivity index (χ2n) is 19.0. The van der Waals surface area contributed by atoms with Gasteiger partial charge in [-0.05, 0) is 70.8 Å². The van der Waals surface area contributed by atoms with Gasteiger partial charge in [0.25, 0.3) is 5.91 Å². The Kier molecular flexibility index (Phi) is 10.2. The number of aromatic nitrogens is 4. The fraction of sp³-hybridized carbons (Fsp3) is 0.522. The number of rotatable bonds is 11. The van der Waals surface area contributed by atoms with Gasteiger partial charge in [0, 0.05) is 68.4 Å². The third kappa shape index (κ3) is 6.78. The van der Waals surface area contributed by atoms with E-state index in [0.717, 1.165) is 80.1 Å². The van der Waals surface area contributed by atoms with E-state index in [1.165, 1.54) is 11.3 Å². The molecule has 8 heterocycles. The Hall–Kier alpha value is -4.56. The molecule has 3 aliphatic heterocycles. The molecule has 4 aliphatic rings. The van der Waals surface area contributed by atoms with Gasteiger partial charge in [0.2, 0.25) is 0 Å². The molecule has 13 heteroatoms. The van der Waals surface area contributed by atoms with Gasteiger partial charge in [-0.3, -0.25) is 14.6 Å². The number of nitrogens with one attached hydrogen (secondary N) is 1. The van der Waals surface area contributed by atoms with Gasteiger partial charge in [0.05, 0.1) is 54.5 Å². The van der Waals surface area contributed by atoms with Gasteiger partial charge in [0.15, 0.2) is 5.58 Å². The molecule has 2 N–H and O–H groups in total. The Labute approximate surface area is 349 Å². The van der Waals surface area contributed by atoms with Crippen molar-refractivity contribution in [3.05, 3.63) is 71.3 Å². The number of hydrogen-bond acceptors (Lipinski definition) is 10. The third-order valence-corrected chi connectivity index (χ3v) is 20.8. The molecular formula is C46H60N8O4Si. The van der Waals surface area contributed by atoms with Crippen molar-refractivity contribution in [1.29, 1.82) is 0 Å². The Morgan fingerprint density at radius 1 is 0.915 bits per heavy atom. The van der Waals surface area contributed by atoms with Crippen LogP contribution in [0.1, 0.15) is 82.7 Å². The third-order valence-electron chi connectivity index (χ3n) is 13.9. The van der Waals surface area contributed by atoms with Crippen molar-refractivity contribution in [3.63, 3.8) is 0 Å². The van der Waals surface area contributed by atoms with E-state index in [-0.39, 0.29) is 17.9 Å². The molecule has 0 aromatic carbocycles. The second-order valence-corrected chi connectivity index (χ2v) is 24.8. The summed E-state index contributed by atoms with van der Waals surface area (Å²) in [6.45, 7) is 25.1. The smallest absolute Gasteiger partial charge is 0.276 e. The van der Waals surface area contributed by atoms with Gasteiger partial charge in [-0.1, -0.05) is 55.4 Å². The normalized spacial score (nSPS) is 18.7. The highest BCUT2D eigenvalue weighted by molar-refractivity contribution is 6.94. The molecule has 2 fully saturated rings. The van der Waals surface area contributed by atoms with Crippen molar-refractivity contribution in [2.24, 2.45) is 5.41 Å². The number of aliphatic hydroxyl groups is 1. The van der Waals surface area contributed by atoms with Gasteiger partial charge in [0.1, 0.15) is 30.9 Å². The molecule has 59 heavy (non-hydrogen) atoms. The van der Waals surface area contributed by atoms with Crippen LogP contribution >= 0.6 is 0 Å². The predicted octanol–water partition coefficient (Wildman–Crippen LogP) is 7.51. The maximum atomic E-state index is 14.2. The zero-order valence-electron chi connectivity index (χ0n) is 36.0. The number of nitrogens with zero attached hydrogens (tertiary/aromatic N) is 7. The number of hydrogen-bond donors (Lipinski definition) is 2. The van der Waals surface area contributed by atoms with Crippen molar-refractivity contribution in [3.8, 4) is 11.3 Å². The maximum Gasteiger partial charge on any atom is 0.276 e. The Bertz CT molecular complexity index is 2350. The van der Waals surface area contributed by atoms with E-state index in [0.29, 0.717) is 69.9 Å². The minimum absolute atomic E-state index is 0.0882. The van der Waals surface area contributed by atoms with E-state index in [2.05, 4.69) is 93.3 Å². The lowest BCUT2D eigenvalue weighted by Gasteiger charge is -2.43. The first-order valence-corrected chi connectivity index (χ1v) is 23.9. The van der Waals surface area contributed by atoms with E-state index >= 15 is 0 Å². The quantitative estimate of drug-likeness (QED) is 0.130. The molecule has 2 saturated heterocycles. The lowest BCUT2D eigenvalue weighted by atomic mass is 9.90. The van der Waals surface area contributed by atoms with E-state index in [1.807, 2.05) is 24.4 Å². The molecule has 12 nitrogen and oxygen atoms in total. The number of anilines is 4. The number of carbonyl (C=O) groups is 1. The Morgan fingerprint density at radius 3 is 2.31 bits per heavy atom. The van der Waals surface area contributed by atoms with Gasteiger partial charge in [-0.2, -0.15) is 0 Å². The van der Waals surface area contributed by atoms with Crippen LogP contribution in [-0.4, -0.2) is 95.5 Å². The fourth-order valence-corrected chi connectivity index (χ4v) is 17.5. The average Bonchev–Trinajstić information content (AvgIpc) is 3.85. The first kappa shape index (κ1) is 39.9. The van der Waals surface area contributed by atoms with Crippen LogP contribution in [0.4, 0.5) is 23.0 Å². The molecule has 0 spiro atoms. The minimum Gasteiger partial charge on any atom is -0.462 e. The highest BCUT2D eigenvalue weighted by Gasteiger charge is 2.48. The summed E-state index contributed by atoms with van der Waals surface area (Å²) in [6, 6.07) is 12.9. The van der Waals surface area contributed by atoms with Crippen LogP contribution in [-0.2, 0) is 30.7 Å². The molecule has 0 atom stereocenters. The van der Waals surface area contributed by atoms with Gasteiger partial charge < -0.3 is 29.0 Å². The van der Waals surface area contributed by atoms with Crippen LogP contribution in [0.2, 0.25) is 16.6 Å². The molecule has 0 saturated carbocycles. The summed E-state index contributed by atoms with van der Waals surface area (Å²) in [7, 11) is -2.19. The van der Waals surface area contributed by atoms with Gasteiger partial charge in [-0.25, -0.2) is 15.0 Å². The van der Waals surface area contributed by atoms with Crippen molar-refractivity contribution in [1.82, 2.24) is 24.4 Å². The molecule has 312 valence electrons. The van der Waals surface area contributed by atoms with E-state index in [4.69, 9.17) is 24.1 Å². The van der Waals surface area contributed by atoms with Crippen LogP contribution in [0.15, 0.2) is 53.2 Å².